The van der Waals surface area contributed by atoms with Crippen LogP contribution in [0.2, 0.25) is 0 Å². The fourth-order valence-electron chi connectivity index (χ4n) is 3.67. The Morgan fingerprint density at radius 2 is 1.74 bits per heavy atom. The molecule has 0 saturated heterocycles. The standard InChI is InChI=1S/C19H32O4/c1-4-6-13-19(15(3)17(20)21,16-11-9-8-10-12-16)18(22)23-14-7-5-2/h16H,3-14H2,1-2H3,(H,20,21). The summed E-state index contributed by atoms with van der Waals surface area (Å²) in [4.78, 5) is 24.6. The third-order valence-corrected chi connectivity index (χ3v) is 5.12. The van der Waals surface area contributed by atoms with Crippen molar-refractivity contribution in [1.82, 2.24) is 0 Å². The Labute approximate surface area is 140 Å². The maximum absolute atomic E-state index is 12.9. The maximum Gasteiger partial charge on any atom is 0.332 e. The third kappa shape index (κ3) is 4.82. The molecule has 1 N–H and O–H groups in total. The van der Waals surface area contributed by atoms with E-state index in [1.165, 1.54) is 0 Å². The number of carbonyl (C=O) groups is 2. The van der Waals surface area contributed by atoms with E-state index in [0.717, 1.165) is 57.8 Å². The average Bonchev–Trinajstić information content (AvgIpc) is 2.56. The normalized spacial score (nSPS) is 18.2. The van der Waals surface area contributed by atoms with Crippen LogP contribution < -0.4 is 0 Å². The maximum atomic E-state index is 12.9. The minimum Gasteiger partial charge on any atom is -0.478 e. The lowest BCUT2D eigenvalue weighted by atomic mass is 9.62. The topological polar surface area (TPSA) is 63.6 Å². The second kappa shape index (κ2) is 9.74. The minimum atomic E-state index is -1.07. The lowest BCUT2D eigenvalue weighted by Crippen LogP contribution is -2.44. The molecule has 1 saturated carbocycles. The SMILES string of the molecule is C=C(C(=O)O)C(CCCC)(C(=O)OCCCC)C1CCCCC1. The number of esters is 1. The van der Waals surface area contributed by atoms with Crippen molar-refractivity contribution in [2.45, 2.75) is 78.1 Å². The van der Waals surface area contributed by atoms with Gasteiger partial charge >= 0.3 is 11.9 Å². The van der Waals surface area contributed by atoms with Crippen molar-refractivity contribution in [3.8, 4) is 0 Å². The summed E-state index contributed by atoms with van der Waals surface area (Å²) in [6.45, 7) is 8.26. The van der Waals surface area contributed by atoms with E-state index in [0.29, 0.717) is 13.0 Å². The number of unbranched alkanes of at least 4 members (excludes halogenated alkanes) is 2. The molecule has 0 bridgehead atoms. The van der Waals surface area contributed by atoms with Crippen LogP contribution in [0.25, 0.3) is 0 Å². The van der Waals surface area contributed by atoms with Crippen molar-refractivity contribution in [3.63, 3.8) is 0 Å². The molecule has 4 heteroatoms. The van der Waals surface area contributed by atoms with Gasteiger partial charge < -0.3 is 9.84 Å². The first-order chi connectivity index (χ1) is 11.0. The van der Waals surface area contributed by atoms with Gasteiger partial charge in [-0.15, -0.1) is 0 Å². The Morgan fingerprint density at radius 3 is 2.26 bits per heavy atom. The van der Waals surface area contributed by atoms with Gasteiger partial charge in [0.1, 0.15) is 5.41 Å². The van der Waals surface area contributed by atoms with Gasteiger partial charge in [-0.1, -0.05) is 59.0 Å². The van der Waals surface area contributed by atoms with Crippen molar-refractivity contribution in [2.24, 2.45) is 11.3 Å². The van der Waals surface area contributed by atoms with Crippen LogP contribution in [0.1, 0.15) is 78.1 Å². The Morgan fingerprint density at radius 1 is 1.13 bits per heavy atom. The van der Waals surface area contributed by atoms with E-state index in [-0.39, 0.29) is 17.5 Å². The van der Waals surface area contributed by atoms with E-state index in [1.54, 1.807) is 0 Å². The van der Waals surface area contributed by atoms with Crippen LogP contribution in [0, 0.1) is 11.3 Å². The van der Waals surface area contributed by atoms with Gasteiger partial charge in [0.25, 0.3) is 0 Å². The van der Waals surface area contributed by atoms with E-state index >= 15 is 0 Å². The summed E-state index contributed by atoms with van der Waals surface area (Å²) >= 11 is 0. The highest BCUT2D eigenvalue weighted by Crippen LogP contribution is 2.48. The van der Waals surface area contributed by atoms with Crippen LogP contribution in [-0.4, -0.2) is 23.7 Å². The summed E-state index contributed by atoms with van der Waals surface area (Å²) in [7, 11) is 0. The first-order valence-electron chi connectivity index (χ1n) is 9.10. The quantitative estimate of drug-likeness (QED) is 0.358. The molecule has 132 valence electrons. The van der Waals surface area contributed by atoms with Crippen molar-refractivity contribution < 1.29 is 19.4 Å². The number of carboxylic acid groups (broad SMARTS) is 1. The molecule has 0 aromatic heterocycles. The van der Waals surface area contributed by atoms with Gasteiger partial charge in [0.2, 0.25) is 0 Å². The molecule has 0 spiro atoms. The number of carbonyl (C=O) groups excluding carboxylic acids is 1. The molecule has 0 aromatic rings. The predicted molar refractivity (Wildman–Crippen MR) is 91.2 cm³/mol. The van der Waals surface area contributed by atoms with Gasteiger partial charge in [-0.25, -0.2) is 4.79 Å². The number of hydrogen-bond donors (Lipinski definition) is 1. The molecule has 1 aliphatic carbocycles. The lowest BCUT2D eigenvalue weighted by molar-refractivity contribution is -0.161. The first-order valence-corrected chi connectivity index (χ1v) is 9.10. The average molecular weight is 324 g/mol. The van der Waals surface area contributed by atoms with E-state index in [9.17, 15) is 14.7 Å². The molecule has 1 unspecified atom stereocenters. The second-order valence-corrected chi connectivity index (χ2v) is 6.68. The zero-order valence-electron chi connectivity index (χ0n) is 14.7. The third-order valence-electron chi connectivity index (χ3n) is 5.12. The molecule has 0 aliphatic heterocycles. The van der Waals surface area contributed by atoms with E-state index in [4.69, 9.17) is 4.74 Å². The zero-order valence-corrected chi connectivity index (χ0v) is 14.7. The summed E-state index contributed by atoms with van der Waals surface area (Å²) in [6.07, 6.45) is 9.04. The molecule has 1 fully saturated rings. The fraction of sp³-hybridized carbons (Fsp3) is 0.789. The number of carboxylic acids is 1. The van der Waals surface area contributed by atoms with Gasteiger partial charge in [0.05, 0.1) is 6.61 Å². The van der Waals surface area contributed by atoms with Gasteiger partial charge in [-0.2, -0.15) is 0 Å². The molecule has 4 nitrogen and oxygen atoms in total. The molecule has 1 rings (SSSR count). The molecule has 0 aromatic carbocycles. The van der Waals surface area contributed by atoms with Crippen molar-refractivity contribution in [1.29, 1.82) is 0 Å². The summed E-state index contributed by atoms with van der Waals surface area (Å²) in [6, 6.07) is 0. The molecule has 0 heterocycles. The van der Waals surface area contributed by atoms with Crippen molar-refractivity contribution in [3.05, 3.63) is 12.2 Å². The molecular weight excluding hydrogens is 292 g/mol. The van der Waals surface area contributed by atoms with Crippen molar-refractivity contribution >= 4 is 11.9 Å². The van der Waals surface area contributed by atoms with E-state index < -0.39 is 11.4 Å². The molecular formula is C19H32O4. The monoisotopic (exact) mass is 324 g/mol. The highest BCUT2D eigenvalue weighted by atomic mass is 16.5. The summed E-state index contributed by atoms with van der Waals surface area (Å²) in [5.41, 5.74) is -1.02. The Balaban J connectivity index is 3.12. The van der Waals surface area contributed by atoms with Crippen LogP contribution >= 0.6 is 0 Å². The van der Waals surface area contributed by atoms with Crippen molar-refractivity contribution in [2.75, 3.05) is 6.61 Å². The zero-order chi connectivity index (χ0) is 17.3. The second-order valence-electron chi connectivity index (χ2n) is 6.68. The predicted octanol–water partition coefficient (Wildman–Crippen LogP) is 4.73. The van der Waals surface area contributed by atoms with Crippen LogP contribution in [-0.2, 0) is 14.3 Å². The van der Waals surface area contributed by atoms with Crippen LogP contribution in [0.3, 0.4) is 0 Å². The Hall–Kier alpha value is -1.32. The number of ether oxygens (including phenoxy) is 1. The van der Waals surface area contributed by atoms with Gasteiger partial charge in [0.15, 0.2) is 0 Å². The Bertz CT molecular complexity index is 410. The van der Waals surface area contributed by atoms with Crippen LogP contribution in [0.5, 0.6) is 0 Å². The van der Waals surface area contributed by atoms with Crippen LogP contribution in [0.15, 0.2) is 12.2 Å². The van der Waals surface area contributed by atoms with E-state index in [1.807, 2.05) is 6.92 Å². The van der Waals surface area contributed by atoms with Gasteiger partial charge in [0, 0.05) is 5.57 Å². The smallest absolute Gasteiger partial charge is 0.332 e. The Kier molecular flexibility index (Phi) is 8.35. The molecule has 1 aliphatic rings. The lowest BCUT2D eigenvalue weighted by Gasteiger charge is -2.41. The molecule has 1 atom stereocenters. The first kappa shape index (κ1) is 19.7. The molecule has 23 heavy (non-hydrogen) atoms. The largest absolute Gasteiger partial charge is 0.478 e. The molecule has 0 radical (unpaired) electrons. The van der Waals surface area contributed by atoms with Gasteiger partial charge in [-0.3, -0.25) is 4.79 Å². The summed E-state index contributed by atoms with van der Waals surface area (Å²) in [5.74, 6) is -1.39. The summed E-state index contributed by atoms with van der Waals surface area (Å²) in [5, 5.41) is 9.56. The number of rotatable bonds is 10. The number of aliphatic carboxylic acids is 1. The fourth-order valence-corrected chi connectivity index (χ4v) is 3.67. The van der Waals surface area contributed by atoms with E-state index in [2.05, 4.69) is 13.5 Å². The van der Waals surface area contributed by atoms with Gasteiger partial charge in [-0.05, 0) is 31.6 Å². The number of hydrogen-bond acceptors (Lipinski definition) is 3. The van der Waals surface area contributed by atoms with Crippen LogP contribution in [0.4, 0.5) is 0 Å². The highest BCUT2D eigenvalue weighted by molar-refractivity contribution is 5.96. The highest BCUT2D eigenvalue weighted by Gasteiger charge is 2.50. The molecule has 0 amide bonds. The summed E-state index contributed by atoms with van der Waals surface area (Å²) < 4.78 is 5.51. The minimum absolute atomic E-state index is 0.0272.